The average Bonchev–Trinajstić information content (AvgIpc) is 2.56. The third-order valence-electron chi connectivity index (χ3n) is 4.43. The molecule has 1 aliphatic rings. The third-order valence-corrected chi connectivity index (χ3v) is 4.43. The first-order valence-corrected chi connectivity index (χ1v) is 8.34. The highest BCUT2D eigenvalue weighted by Gasteiger charge is 2.34. The lowest BCUT2D eigenvalue weighted by molar-refractivity contribution is -0.142. The summed E-state index contributed by atoms with van der Waals surface area (Å²) in [6, 6.07) is 5.95. The summed E-state index contributed by atoms with van der Waals surface area (Å²) >= 11 is 0. The molecule has 1 amide bonds. The van der Waals surface area contributed by atoms with Crippen LogP contribution in [0.5, 0.6) is 0 Å². The van der Waals surface area contributed by atoms with Crippen molar-refractivity contribution in [3.05, 3.63) is 29.3 Å². The fourth-order valence-electron chi connectivity index (χ4n) is 3.10. The van der Waals surface area contributed by atoms with Crippen molar-refractivity contribution in [2.45, 2.75) is 45.1 Å². The highest BCUT2D eigenvalue weighted by atomic mass is 16.5. The van der Waals surface area contributed by atoms with Gasteiger partial charge < -0.3 is 15.4 Å². The van der Waals surface area contributed by atoms with Gasteiger partial charge in [-0.15, -0.1) is 0 Å². The monoisotopic (exact) mass is 318 g/mol. The van der Waals surface area contributed by atoms with Crippen LogP contribution in [0, 0.1) is 0 Å². The van der Waals surface area contributed by atoms with Gasteiger partial charge in [-0.05, 0) is 49.9 Å². The molecule has 0 saturated heterocycles. The first-order valence-electron chi connectivity index (χ1n) is 8.34. The molecule has 0 saturated carbocycles. The van der Waals surface area contributed by atoms with Gasteiger partial charge in [0.2, 0.25) is 0 Å². The normalized spacial score (nSPS) is 18.5. The van der Waals surface area contributed by atoms with Crippen LogP contribution in [0.2, 0.25) is 0 Å². The molecular weight excluding hydrogens is 292 g/mol. The molecular formula is C18H26N2O3. The first kappa shape index (κ1) is 17.6. The van der Waals surface area contributed by atoms with Crippen molar-refractivity contribution in [2.24, 2.45) is 0 Å². The number of rotatable bonds is 8. The number of anilines is 1. The second-order valence-electron chi connectivity index (χ2n) is 5.88. The summed E-state index contributed by atoms with van der Waals surface area (Å²) in [7, 11) is 1.45. The van der Waals surface area contributed by atoms with E-state index in [0.29, 0.717) is 11.6 Å². The van der Waals surface area contributed by atoms with Crippen LogP contribution >= 0.6 is 0 Å². The number of carbonyl (C=O) groups is 2. The van der Waals surface area contributed by atoms with Crippen LogP contribution < -0.4 is 10.6 Å². The Kier molecular flexibility index (Phi) is 6.30. The topological polar surface area (TPSA) is 67.4 Å². The molecule has 0 bridgehead atoms. The molecule has 1 aliphatic heterocycles. The predicted octanol–water partition coefficient (Wildman–Crippen LogP) is 2.78. The minimum absolute atomic E-state index is 0.453. The Morgan fingerprint density at radius 2 is 2.09 bits per heavy atom. The van der Waals surface area contributed by atoms with Gasteiger partial charge in [-0.1, -0.05) is 26.0 Å². The molecule has 0 aromatic heterocycles. The number of hydrogen-bond acceptors (Lipinski definition) is 4. The smallest absolute Gasteiger partial charge is 0.294 e. The Morgan fingerprint density at radius 1 is 1.30 bits per heavy atom. The van der Waals surface area contributed by atoms with Crippen molar-refractivity contribution in [1.82, 2.24) is 5.32 Å². The molecule has 2 unspecified atom stereocenters. The number of benzene rings is 1. The van der Waals surface area contributed by atoms with Gasteiger partial charge in [0.15, 0.2) is 6.10 Å². The van der Waals surface area contributed by atoms with Crippen LogP contribution in [0.4, 0.5) is 5.69 Å². The summed E-state index contributed by atoms with van der Waals surface area (Å²) in [4.78, 5) is 23.6. The Morgan fingerprint density at radius 3 is 2.74 bits per heavy atom. The van der Waals surface area contributed by atoms with Crippen LogP contribution in [0.15, 0.2) is 18.2 Å². The number of nitrogens with one attached hydrogen (secondary N) is 2. The minimum atomic E-state index is -0.790. The highest BCUT2D eigenvalue weighted by Crippen LogP contribution is 2.35. The molecule has 2 N–H and O–H groups in total. The van der Waals surface area contributed by atoms with Crippen molar-refractivity contribution in [1.29, 1.82) is 0 Å². The predicted molar refractivity (Wildman–Crippen MR) is 90.6 cm³/mol. The molecule has 1 aromatic carbocycles. The van der Waals surface area contributed by atoms with Gasteiger partial charge in [0.25, 0.3) is 11.7 Å². The van der Waals surface area contributed by atoms with Crippen LogP contribution in [-0.4, -0.2) is 31.9 Å². The van der Waals surface area contributed by atoms with Crippen molar-refractivity contribution in [2.75, 3.05) is 25.5 Å². The van der Waals surface area contributed by atoms with Crippen molar-refractivity contribution in [3.63, 3.8) is 0 Å². The van der Waals surface area contributed by atoms with E-state index in [9.17, 15) is 9.59 Å². The molecule has 0 radical (unpaired) electrons. The average molecular weight is 318 g/mol. The quantitative estimate of drug-likeness (QED) is 0.571. The van der Waals surface area contributed by atoms with E-state index < -0.39 is 17.8 Å². The van der Waals surface area contributed by atoms with Gasteiger partial charge in [0, 0.05) is 18.4 Å². The van der Waals surface area contributed by atoms with E-state index in [0.717, 1.165) is 37.9 Å². The third kappa shape index (κ3) is 3.98. The Bertz CT molecular complexity index is 571. The van der Waals surface area contributed by atoms with E-state index in [1.54, 1.807) is 0 Å². The second-order valence-corrected chi connectivity index (χ2v) is 5.88. The molecule has 0 fully saturated rings. The summed E-state index contributed by atoms with van der Waals surface area (Å²) in [6.45, 7) is 6.30. The highest BCUT2D eigenvalue weighted by molar-refractivity contribution is 6.43. The number of Topliss-reactive ketones (excluding diaryl/α,β-unsaturated/α-hetero) is 1. The van der Waals surface area contributed by atoms with Crippen LogP contribution in [0.25, 0.3) is 0 Å². The number of hydrogen-bond donors (Lipinski definition) is 2. The number of fused-ring (bicyclic) bond motifs is 1. The van der Waals surface area contributed by atoms with E-state index >= 15 is 0 Å². The maximum absolute atomic E-state index is 11.9. The standard InChI is InChI=1S/C18H26N2O3/c1-4-12(7-6-10-19-5-2)13-8-9-14-15(11-13)20-18(22)16(21)17(14)23-3/h8-9,11-12,17,19H,4-7,10H2,1-3H3,(H,20,22). The van der Waals surface area contributed by atoms with Gasteiger partial charge >= 0.3 is 0 Å². The molecule has 5 nitrogen and oxygen atoms in total. The van der Waals surface area contributed by atoms with Crippen LogP contribution in [0.3, 0.4) is 0 Å². The molecule has 0 spiro atoms. The number of methoxy groups -OCH3 is 1. The Labute approximate surface area is 137 Å². The lowest BCUT2D eigenvalue weighted by atomic mass is 9.88. The van der Waals surface area contributed by atoms with Gasteiger partial charge in [-0.3, -0.25) is 9.59 Å². The molecule has 1 heterocycles. The van der Waals surface area contributed by atoms with E-state index in [4.69, 9.17) is 4.74 Å². The van der Waals surface area contributed by atoms with Gasteiger partial charge in [-0.25, -0.2) is 0 Å². The van der Waals surface area contributed by atoms with Gasteiger partial charge in [0.05, 0.1) is 0 Å². The van der Waals surface area contributed by atoms with Gasteiger partial charge in [-0.2, -0.15) is 0 Å². The van der Waals surface area contributed by atoms with Crippen molar-refractivity contribution < 1.29 is 14.3 Å². The molecule has 23 heavy (non-hydrogen) atoms. The summed E-state index contributed by atoms with van der Waals surface area (Å²) in [5, 5.41) is 6.03. The second kappa shape index (κ2) is 8.22. The maximum atomic E-state index is 11.9. The number of carbonyl (C=O) groups excluding carboxylic acids is 2. The molecule has 5 heteroatoms. The summed E-state index contributed by atoms with van der Waals surface area (Å²) in [5.41, 5.74) is 2.64. The van der Waals surface area contributed by atoms with E-state index in [2.05, 4.69) is 30.5 Å². The van der Waals surface area contributed by atoms with E-state index in [1.165, 1.54) is 12.7 Å². The Balaban J connectivity index is 2.17. The summed E-state index contributed by atoms with van der Waals surface area (Å²) < 4.78 is 5.20. The number of ether oxygens (including phenoxy) is 1. The molecule has 126 valence electrons. The van der Waals surface area contributed by atoms with E-state index in [-0.39, 0.29) is 0 Å². The van der Waals surface area contributed by atoms with Crippen LogP contribution in [0.1, 0.15) is 56.3 Å². The van der Waals surface area contributed by atoms with Crippen molar-refractivity contribution >= 4 is 17.4 Å². The molecule has 2 atom stereocenters. The summed E-state index contributed by atoms with van der Waals surface area (Å²) in [6.07, 6.45) is 2.48. The van der Waals surface area contributed by atoms with E-state index in [1.807, 2.05) is 12.1 Å². The minimum Gasteiger partial charge on any atom is -0.368 e. The van der Waals surface area contributed by atoms with Crippen molar-refractivity contribution in [3.8, 4) is 0 Å². The largest absolute Gasteiger partial charge is 0.368 e. The summed E-state index contributed by atoms with van der Waals surface area (Å²) in [5.74, 6) is -0.679. The van der Waals surface area contributed by atoms with Crippen LogP contribution in [-0.2, 0) is 14.3 Å². The zero-order chi connectivity index (χ0) is 16.8. The lowest BCUT2D eigenvalue weighted by Crippen LogP contribution is -2.34. The first-order chi connectivity index (χ1) is 11.1. The number of ketones is 1. The maximum Gasteiger partial charge on any atom is 0.294 e. The molecule has 1 aromatic rings. The SMILES string of the molecule is CCNCCCC(CC)c1ccc2c(c1)NC(=O)C(=O)C2OC. The zero-order valence-electron chi connectivity index (χ0n) is 14.1. The zero-order valence-corrected chi connectivity index (χ0v) is 14.1. The molecule has 2 rings (SSSR count). The lowest BCUT2D eigenvalue weighted by Gasteiger charge is -2.25. The fourth-order valence-corrected chi connectivity index (χ4v) is 3.10. The molecule has 0 aliphatic carbocycles. The number of amides is 1. The Hall–Kier alpha value is -1.72. The fraction of sp³-hybridized carbons (Fsp3) is 0.556. The van der Waals surface area contributed by atoms with Gasteiger partial charge in [0.1, 0.15) is 0 Å².